The van der Waals surface area contributed by atoms with Gasteiger partial charge in [-0.05, 0) is 62.9 Å². The predicted octanol–water partition coefficient (Wildman–Crippen LogP) is 6.13. The van der Waals surface area contributed by atoms with E-state index in [9.17, 15) is 4.79 Å². The SMILES string of the molecule is C=C.CC.CCN1CC[C@H](C)C(C)C1.CNC(=O)OC1CCC(C)CC1.F.[HH]. The standard InChI is InChI=1S/C9H17NO2.C9H19N.C2H6.C2H4.FH.H2/c1-7-3-5-8(6-4-7)12-9(11)10-2;1-4-10-6-5-8(2)9(3)7-10;2*1-2;;/h7-8H,3-6H2,1-2H3,(H,10,11);8-9H,4-7H2,1-3H3;1-2H3;1-2H2;2*1H/t;8-,9?;;;;/m.0..../s1. The van der Waals surface area contributed by atoms with Gasteiger partial charge in [0.25, 0.3) is 0 Å². The highest BCUT2D eigenvalue weighted by Gasteiger charge is 2.21. The highest BCUT2D eigenvalue weighted by atomic mass is 19.0. The Morgan fingerprint density at radius 3 is 2.00 bits per heavy atom. The van der Waals surface area contributed by atoms with Crippen LogP contribution in [0.1, 0.15) is 75.1 Å². The summed E-state index contributed by atoms with van der Waals surface area (Å²) in [5, 5.41) is 2.46. The molecule has 1 unspecified atom stereocenters. The largest absolute Gasteiger partial charge is 0.446 e. The number of amides is 1. The summed E-state index contributed by atoms with van der Waals surface area (Å²) in [4.78, 5) is 13.4. The Hall–Kier alpha value is -1.10. The number of piperidine rings is 1. The van der Waals surface area contributed by atoms with Gasteiger partial charge in [-0.2, -0.15) is 0 Å². The van der Waals surface area contributed by atoms with Crippen molar-refractivity contribution in [2.24, 2.45) is 17.8 Å². The first-order valence-electron chi connectivity index (χ1n) is 10.6. The smallest absolute Gasteiger partial charge is 0.407 e. The van der Waals surface area contributed by atoms with Crippen LogP contribution >= 0.6 is 0 Å². The predicted molar refractivity (Wildman–Crippen MR) is 119 cm³/mol. The molecule has 2 fully saturated rings. The van der Waals surface area contributed by atoms with Gasteiger partial charge in [0.2, 0.25) is 0 Å². The van der Waals surface area contributed by atoms with Crippen LogP contribution < -0.4 is 5.32 Å². The minimum absolute atomic E-state index is 0. The molecule has 166 valence electrons. The number of alkyl carbamates (subject to hydrolysis) is 1. The second-order valence-electron chi connectivity index (χ2n) is 7.17. The maximum Gasteiger partial charge on any atom is 0.407 e. The van der Waals surface area contributed by atoms with Crippen LogP contribution in [0.15, 0.2) is 13.2 Å². The van der Waals surface area contributed by atoms with Gasteiger partial charge in [0, 0.05) is 15.0 Å². The van der Waals surface area contributed by atoms with Crippen molar-refractivity contribution < 1.29 is 15.7 Å². The van der Waals surface area contributed by atoms with E-state index in [0.29, 0.717) is 0 Å². The van der Waals surface area contributed by atoms with Crippen LogP contribution in [0.3, 0.4) is 0 Å². The lowest BCUT2D eigenvalue weighted by atomic mass is 9.89. The molecule has 2 rings (SSSR count). The number of carbonyl (C=O) groups excluding carboxylic acids is 1. The maximum atomic E-state index is 10.8. The highest BCUT2D eigenvalue weighted by Crippen LogP contribution is 2.25. The lowest BCUT2D eigenvalue weighted by molar-refractivity contribution is 0.0677. The van der Waals surface area contributed by atoms with Gasteiger partial charge >= 0.3 is 6.09 Å². The molecule has 1 heterocycles. The van der Waals surface area contributed by atoms with Gasteiger partial charge in [-0.3, -0.25) is 4.70 Å². The Bertz CT molecular complexity index is 340. The molecule has 0 spiro atoms. The van der Waals surface area contributed by atoms with Crippen molar-refractivity contribution in [1.82, 2.24) is 10.2 Å². The lowest BCUT2D eigenvalue weighted by Crippen LogP contribution is -2.37. The quantitative estimate of drug-likeness (QED) is 0.575. The van der Waals surface area contributed by atoms with E-state index in [2.05, 4.69) is 51.1 Å². The number of carbonyl (C=O) groups is 1. The van der Waals surface area contributed by atoms with Crippen LogP contribution in [0, 0.1) is 17.8 Å². The molecule has 1 saturated carbocycles. The van der Waals surface area contributed by atoms with Gasteiger partial charge in [0.1, 0.15) is 6.10 Å². The van der Waals surface area contributed by atoms with Gasteiger partial charge < -0.3 is 15.0 Å². The Morgan fingerprint density at radius 2 is 1.59 bits per heavy atom. The number of hydrogen-bond acceptors (Lipinski definition) is 3. The Balaban J connectivity index is -0.000000166. The summed E-state index contributed by atoms with van der Waals surface area (Å²) >= 11 is 0. The number of hydrogen-bond donors (Lipinski definition) is 1. The molecule has 27 heavy (non-hydrogen) atoms. The summed E-state index contributed by atoms with van der Waals surface area (Å²) in [7, 11) is 1.59. The van der Waals surface area contributed by atoms with Crippen molar-refractivity contribution in [3.05, 3.63) is 13.2 Å². The number of ether oxygens (including phenoxy) is 1. The monoisotopic (exact) mass is 392 g/mol. The van der Waals surface area contributed by atoms with E-state index < -0.39 is 0 Å². The Morgan fingerprint density at radius 1 is 1.07 bits per heavy atom. The average molecular weight is 393 g/mol. The maximum absolute atomic E-state index is 10.8. The Kier molecular flexibility index (Phi) is 22.3. The van der Waals surface area contributed by atoms with Gasteiger partial charge in [-0.1, -0.05) is 41.5 Å². The van der Waals surface area contributed by atoms with E-state index in [1.807, 2.05) is 13.8 Å². The molecule has 0 aromatic rings. The summed E-state index contributed by atoms with van der Waals surface area (Å²) in [6.45, 7) is 23.1. The van der Waals surface area contributed by atoms with Crippen LogP contribution in [0.2, 0.25) is 0 Å². The Labute approximate surface area is 170 Å². The first-order valence-corrected chi connectivity index (χ1v) is 10.6. The van der Waals surface area contributed by atoms with E-state index >= 15 is 0 Å². The van der Waals surface area contributed by atoms with Crippen molar-refractivity contribution in [2.75, 3.05) is 26.7 Å². The third kappa shape index (κ3) is 14.6. The molecular weight excluding hydrogens is 343 g/mol. The van der Waals surface area contributed by atoms with Crippen molar-refractivity contribution in [2.45, 2.75) is 79.8 Å². The van der Waals surface area contributed by atoms with Gasteiger partial charge in [-0.15, -0.1) is 13.2 Å². The molecule has 1 amide bonds. The number of likely N-dealkylation sites (tertiary alicyclic amines) is 1. The summed E-state index contributed by atoms with van der Waals surface area (Å²) in [6, 6.07) is 0. The van der Waals surface area contributed by atoms with Crippen LogP contribution in [-0.4, -0.2) is 43.8 Å². The van der Waals surface area contributed by atoms with Gasteiger partial charge in [-0.25, -0.2) is 4.79 Å². The molecule has 0 radical (unpaired) electrons. The zero-order valence-electron chi connectivity index (χ0n) is 19.1. The van der Waals surface area contributed by atoms with Gasteiger partial charge in [0.05, 0.1) is 0 Å². The average Bonchev–Trinajstić information content (AvgIpc) is 2.69. The second kappa shape index (κ2) is 19.7. The third-order valence-corrected chi connectivity index (χ3v) is 5.31. The van der Waals surface area contributed by atoms with Crippen LogP contribution in [0.25, 0.3) is 0 Å². The van der Waals surface area contributed by atoms with Crippen molar-refractivity contribution in [3.63, 3.8) is 0 Å². The molecule has 1 saturated heterocycles. The number of rotatable bonds is 2. The van der Waals surface area contributed by atoms with Crippen molar-refractivity contribution in [1.29, 1.82) is 0 Å². The lowest BCUT2D eigenvalue weighted by Gasteiger charge is -2.34. The minimum Gasteiger partial charge on any atom is -0.446 e. The fourth-order valence-electron chi connectivity index (χ4n) is 3.19. The second-order valence-corrected chi connectivity index (χ2v) is 7.17. The van der Waals surface area contributed by atoms with Crippen LogP contribution in [0.5, 0.6) is 0 Å². The zero-order valence-corrected chi connectivity index (χ0v) is 19.1. The molecular formula is C22H49FN2O2. The van der Waals surface area contributed by atoms with Crippen molar-refractivity contribution >= 4 is 6.09 Å². The fourth-order valence-corrected chi connectivity index (χ4v) is 3.19. The number of halogens is 1. The molecule has 0 aromatic carbocycles. The highest BCUT2D eigenvalue weighted by molar-refractivity contribution is 5.66. The first kappa shape index (κ1) is 30.6. The van der Waals surface area contributed by atoms with Crippen LogP contribution in [0.4, 0.5) is 9.50 Å². The molecule has 1 aliphatic carbocycles. The van der Waals surface area contributed by atoms with E-state index in [-0.39, 0.29) is 18.3 Å². The topological polar surface area (TPSA) is 41.6 Å². The minimum atomic E-state index is -0.297. The molecule has 1 aliphatic heterocycles. The van der Waals surface area contributed by atoms with E-state index in [0.717, 1.165) is 30.6 Å². The molecule has 5 heteroatoms. The number of nitrogens with zero attached hydrogens (tertiary/aromatic N) is 1. The normalized spacial score (nSPS) is 26.9. The summed E-state index contributed by atoms with van der Waals surface area (Å²) < 4.78 is 5.14. The first-order chi connectivity index (χ1) is 12.5. The van der Waals surface area contributed by atoms with E-state index in [4.69, 9.17) is 4.74 Å². The van der Waals surface area contributed by atoms with E-state index in [1.54, 1.807) is 7.05 Å². The molecule has 4 nitrogen and oxygen atoms in total. The fraction of sp³-hybridized carbons (Fsp3) is 0.864. The molecule has 2 aliphatic rings. The summed E-state index contributed by atoms with van der Waals surface area (Å²) in [5.41, 5.74) is 0. The summed E-state index contributed by atoms with van der Waals surface area (Å²) in [5.74, 6) is 2.66. The van der Waals surface area contributed by atoms with Gasteiger partial charge in [0.15, 0.2) is 0 Å². The molecule has 0 bridgehead atoms. The van der Waals surface area contributed by atoms with E-state index in [1.165, 1.54) is 38.9 Å². The summed E-state index contributed by atoms with van der Waals surface area (Å²) in [6.07, 6.45) is 5.66. The molecule has 1 N–H and O–H groups in total. The molecule has 2 atom stereocenters. The third-order valence-electron chi connectivity index (χ3n) is 5.31. The molecule has 0 aromatic heterocycles. The zero-order chi connectivity index (χ0) is 20.5. The van der Waals surface area contributed by atoms with Crippen molar-refractivity contribution in [3.8, 4) is 0 Å². The van der Waals surface area contributed by atoms with Crippen LogP contribution in [-0.2, 0) is 4.74 Å². The number of nitrogens with one attached hydrogen (secondary N) is 1.